The van der Waals surface area contributed by atoms with E-state index in [2.05, 4.69) is 21.2 Å². The number of hydrogen-bond donors (Lipinski definition) is 1. The van der Waals surface area contributed by atoms with Gasteiger partial charge in [-0.3, -0.25) is 4.79 Å². The fourth-order valence-electron chi connectivity index (χ4n) is 1.45. The number of hydrogen-bond acceptors (Lipinski definition) is 1. The first kappa shape index (κ1) is 14.3. The normalized spacial score (nSPS) is 10.3. The van der Waals surface area contributed by atoms with Crippen LogP contribution in [0.25, 0.3) is 0 Å². The van der Waals surface area contributed by atoms with Crippen molar-refractivity contribution in [3.05, 3.63) is 62.3 Å². The van der Waals surface area contributed by atoms with Crippen molar-refractivity contribution in [1.82, 2.24) is 0 Å². The van der Waals surface area contributed by atoms with E-state index in [4.69, 9.17) is 23.2 Å². The maximum Gasteiger partial charge on any atom is 0.256 e. The lowest BCUT2D eigenvalue weighted by molar-refractivity contribution is 0.102. The van der Waals surface area contributed by atoms with E-state index in [-0.39, 0.29) is 10.7 Å². The Balaban J connectivity index is 2.28. The van der Waals surface area contributed by atoms with Crippen molar-refractivity contribution in [2.75, 3.05) is 5.32 Å². The third-order valence-corrected chi connectivity index (χ3v) is 3.51. The summed E-state index contributed by atoms with van der Waals surface area (Å²) in [7, 11) is 0. The summed E-state index contributed by atoms with van der Waals surface area (Å²) in [6.07, 6.45) is 0. The van der Waals surface area contributed by atoms with Crippen LogP contribution in [0.3, 0.4) is 0 Å². The molecule has 2 rings (SSSR count). The molecule has 0 aliphatic rings. The number of benzene rings is 2. The minimum atomic E-state index is -0.598. The van der Waals surface area contributed by atoms with Crippen LogP contribution in [0.2, 0.25) is 10.0 Å². The van der Waals surface area contributed by atoms with E-state index in [9.17, 15) is 9.18 Å². The van der Waals surface area contributed by atoms with Gasteiger partial charge >= 0.3 is 0 Å². The van der Waals surface area contributed by atoms with Crippen molar-refractivity contribution in [2.45, 2.75) is 0 Å². The first-order valence-corrected chi connectivity index (χ1v) is 6.74. The van der Waals surface area contributed by atoms with E-state index in [1.165, 1.54) is 18.2 Å². The third kappa shape index (κ3) is 3.47. The second-order valence-corrected chi connectivity index (χ2v) is 5.43. The van der Waals surface area contributed by atoms with Gasteiger partial charge in [0, 0.05) is 14.5 Å². The third-order valence-electron chi connectivity index (χ3n) is 2.35. The van der Waals surface area contributed by atoms with Crippen LogP contribution in [-0.4, -0.2) is 5.91 Å². The number of rotatable bonds is 2. The molecule has 0 atom stereocenters. The summed E-state index contributed by atoms with van der Waals surface area (Å²) in [4.78, 5) is 12.0. The molecule has 0 bridgehead atoms. The zero-order chi connectivity index (χ0) is 14.0. The van der Waals surface area contributed by atoms with Gasteiger partial charge in [-0.15, -0.1) is 0 Å². The molecule has 0 radical (unpaired) electrons. The molecule has 0 aliphatic heterocycles. The van der Waals surface area contributed by atoms with Crippen molar-refractivity contribution in [3.63, 3.8) is 0 Å². The molecule has 6 heteroatoms. The molecular weight excluding hydrogens is 356 g/mol. The summed E-state index contributed by atoms with van der Waals surface area (Å²) >= 11 is 14.7. The minimum Gasteiger partial charge on any atom is -0.319 e. The number of amides is 1. The van der Waals surface area contributed by atoms with Crippen LogP contribution in [-0.2, 0) is 0 Å². The van der Waals surface area contributed by atoms with E-state index in [0.717, 1.165) is 6.07 Å². The molecule has 98 valence electrons. The van der Waals surface area contributed by atoms with Gasteiger partial charge in [0.25, 0.3) is 5.91 Å². The van der Waals surface area contributed by atoms with Gasteiger partial charge in [-0.25, -0.2) is 4.39 Å². The summed E-state index contributed by atoms with van der Waals surface area (Å²) in [6, 6.07) is 8.81. The fraction of sp³-hybridized carbons (Fsp3) is 0. The lowest BCUT2D eigenvalue weighted by Crippen LogP contribution is -2.13. The average Bonchev–Trinajstić information content (AvgIpc) is 2.35. The Morgan fingerprint density at radius 1 is 1.11 bits per heavy atom. The van der Waals surface area contributed by atoms with E-state index in [0.29, 0.717) is 15.1 Å². The lowest BCUT2D eigenvalue weighted by atomic mass is 10.2. The number of nitrogens with one attached hydrogen (secondary N) is 1. The summed E-state index contributed by atoms with van der Waals surface area (Å²) in [5, 5.41) is 3.15. The number of halogens is 4. The molecule has 1 amide bonds. The first-order valence-electron chi connectivity index (χ1n) is 5.19. The van der Waals surface area contributed by atoms with E-state index < -0.39 is 11.7 Å². The molecule has 2 aromatic rings. The molecule has 0 spiro atoms. The monoisotopic (exact) mass is 361 g/mol. The summed E-state index contributed by atoms with van der Waals surface area (Å²) in [5.74, 6) is -1.06. The predicted molar refractivity (Wildman–Crippen MR) is 78.5 cm³/mol. The highest BCUT2D eigenvalue weighted by Gasteiger charge is 2.13. The van der Waals surface area contributed by atoms with Gasteiger partial charge in [-0.2, -0.15) is 0 Å². The van der Waals surface area contributed by atoms with Gasteiger partial charge in [0.1, 0.15) is 5.82 Å². The van der Waals surface area contributed by atoms with Gasteiger partial charge < -0.3 is 5.32 Å². The topological polar surface area (TPSA) is 29.1 Å². The SMILES string of the molecule is O=C(Nc1ccc(Cl)cc1F)c1cc(Cl)ccc1Br. The first-order chi connectivity index (χ1) is 8.97. The molecule has 0 heterocycles. The Morgan fingerprint density at radius 2 is 1.74 bits per heavy atom. The summed E-state index contributed by atoms with van der Waals surface area (Å²) in [5.41, 5.74) is 0.378. The van der Waals surface area contributed by atoms with Crippen LogP contribution in [0.1, 0.15) is 10.4 Å². The zero-order valence-electron chi connectivity index (χ0n) is 9.38. The Kier molecular flexibility index (Phi) is 4.45. The molecule has 0 saturated heterocycles. The van der Waals surface area contributed by atoms with Crippen molar-refractivity contribution < 1.29 is 9.18 Å². The molecule has 19 heavy (non-hydrogen) atoms. The molecule has 0 unspecified atom stereocenters. The minimum absolute atomic E-state index is 0.0567. The summed E-state index contributed by atoms with van der Waals surface area (Å²) in [6.45, 7) is 0. The molecule has 0 fully saturated rings. The van der Waals surface area contributed by atoms with Crippen molar-refractivity contribution in [3.8, 4) is 0 Å². The second kappa shape index (κ2) is 5.90. The summed E-state index contributed by atoms with van der Waals surface area (Å²) < 4.78 is 14.1. The van der Waals surface area contributed by atoms with Crippen LogP contribution in [0.15, 0.2) is 40.9 Å². The van der Waals surface area contributed by atoms with Gasteiger partial charge in [0.05, 0.1) is 11.3 Å². The van der Waals surface area contributed by atoms with Crippen LogP contribution < -0.4 is 5.32 Å². The largest absolute Gasteiger partial charge is 0.319 e. The van der Waals surface area contributed by atoms with E-state index >= 15 is 0 Å². The fourth-order valence-corrected chi connectivity index (χ4v) is 2.21. The predicted octanol–water partition coefficient (Wildman–Crippen LogP) is 5.15. The standard InChI is InChI=1S/C13H7BrCl2FNO/c14-10-3-1-7(15)5-9(10)13(19)18-12-4-2-8(16)6-11(12)17/h1-6H,(H,18,19). The van der Waals surface area contributed by atoms with Crippen LogP contribution in [0, 0.1) is 5.82 Å². The molecule has 0 aliphatic carbocycles. The number of carbonyl (C=O) groups is 1. The molecule has 2 aromatic carbocycles. The van der Waals surface area contributed by atoms with Crippen LogP contribution in [0.4, 0.5) is 10.1 Å². The lowest BCUT2D eigenvalue weighted by Gasteiger charge is -2.08. The van der Waals surface area contributed by atoms with Gasteiger partial charge in [0.15, 0.2) is 0 Å². The maximum absolute atomic E-state index is 13.6. The maximum atomic E-state index is 13.6. The molecule has 2 nitrogen and oxygen atoms in total. The number of anilines is 1. The number of carbonyl (C=O) groups excluding carboxylic acids is 1. The quantitative estimate of drug-likeness (QED) is 0.786. The zero-order valence-corrected chi connectivity index (χ0v) is 12.5. The van der Waals surface area contributed by atoms with Crippen molar-refractivity contribution in [2.24, 2.45) is 0 Å². The van der Waals surface area contributed by atoms with E-state index in [1.807, 2.05) is 0 Å². The molecule has 0 aromatic heterocycles. The average molecular weight is 363 g/mol. The Hall–Kier alpha value is -1.10. The molecular formula is C13H7BrCl2FNO. The smallest absolute Gasteiger partial charge is 0.256 e. The van der Waals surface area contributed by atoms with Crippen molar-refractivity contribution >= 4 is 50.7 Å². The second-order valence-electron chi connectivity index (χ2n) is 3.70. The molecule has 0 saturated carbocycles. The highest BCUT2D eigenvalue weighted by Crippen LogP contribution is 2.24. The van der Waals surface area contributed by atoms with E-state index in [1.54, 1.807) is 12.1 Å². The Bertz CT molecular complexity index is 649. The highest BCUT2D eigenvalue weighted by molar-refractivity contribution is 9.10. The van der Waals surface area contributed by atoms with Crippen LogP contribution in [0.5, 0.6) is 0 Å². The van der Waals surface area contributed by atoms with Gasteiger partial charge in [-0.1, -0.05) is 23.2 Å². The van der Waals surface area contributed by atoms with Crippen LogP contribution >= 0.6 is 39.1 Å². The highest BCUT2D eigenvalue weighted by atomic mass is 79.9. The van der Waals surface area contributed by atoms with Crippen molar-refractivity contribution in [1.29, 1.82) is 0 Å². The molecule has 1 N–H and O–H groups in total. The van der Waals surface area contributed by atoms with Gasteiger partial charge in [-0.05, 0) is 52.3 Å². The van der Waals surface area contributed by atoms with Gasteiger partial charge in [0.2, 0.25) is 0 Å². The Labute approximate surface area is 127 Å². The Morgan fingerprint density at radius 3 is 2.42 bits per heavy atom.